The van der Waals surface area contributed by atoms with Gasteiger partial charge in [0, 0.05) is 31.2 Å². The van der Waals surface area contributed by atoms with Crippen molar-refractivity contribution in [3.63, 3.8) is 0 Å². The van der Waals surface area contributed by atoms with Crippen LogP contribution < -0.4 is 5.32 Å². The Kier molecular flexibility index (Phi) is 9.80. The molecule has 1 aromatic carbocycles. The number of carbonyl (C=O) groups excluding carboxylic acids is 2. The molecule has 1 aliphatic rings. The van der Waals surface area contributed by atoms with Gasteiger partial charge in [-0.3, -0.25) is 4.79 Å². The number of piperidine rings is 1. The number of ether oxygens (including phenoxy) is 2. The fraction of sp³-hybridized carbons (Fsp3) is 0.600. The molecule has 1 fully saturated rings. The SMILES string of the molecule is C#CCOCCCCCN1C(=O)[C@@H](NC(=O)OC(C)(C)C)C[C@@H](c2cc(F)cc(F)c2F)[C@H]1C. The fourth-order valence-corrected chi connectivity index (χ4v) is 4.08. The smallest absolute Gasteiger partial charge is 0.408 e. The van der Waals surface area contributed by atoms with Crippen LogP contribution in [0.4, 0.5) is 18.0 Å². The highest BCUT2D eigenvalue weighted by Crippen LogP contribution is 2.36. The van der Waals surface area contributed by atoms with Crippen molar-refractivity contribution >= 4 is 12.0 Å². The lowest BCUT2D eigenvalue weighted by atomic mass is 9.81. The first-order valence-corrected chi connectivity index (χ1v) is 11.4. The maximum Gasteiger partial charge on any atom is 0.408 e. The van der Waals surface area contributed by atoms with Crippen LogP contribution >= 0.6 is 0 Å². The zero-order valence-corrected chi connectivity index (χ0v) is 20.1. The summed E-state index contributed by atoms with van der Waals surface area (Å²) >= 11 is 0. The van der Waals surface area contributed by atoms with Crippen LogP contribution in [0.2, 0.25) is 0 Å². The summed E-state index contributed by atoms with van der Waals surface area (Å²) in [5, 5.41) is 2.55. The van der Waals surface area contributed by atoms with E-state index in [4.69, 9.17) is 15.9 Å². The van der Waals surface area contributed by atoms with Crippen LogP contribution in [0.5, 0.6) is 0 Å². The van der Waals surface area contributed by atoms with E-state index in [1.54, 1.807) is 27.7 Å². The number of alkyl carbamates (subject to hydrolysis) is 1. The standard InChI is InChI=1S/C25H33F3N2O4/c1-6-11-33-12-9-7-8-10-30-16(2)18(19-13-17(26)14-20(27)22(19)28)15-21(23(30)31)29-24(32)34-25(3,4)5/h1,13-14,16,18,21H,7-12,15H2,2-5H3,(H,29,32)/t16-,18-,21+/m1/s1. The number of unbranched alkanes of at least 4 members (excludes halogenated alkanes) is 2. The summed E-state index contributed by atoms with van der Waals surface area (Å²) in [5.41, 5.74) is -0.950. The molecule has 1 aliphatic heterocycles. The van der Waals surface area contributed by atoms with Crippen molar-refractivity contribution in [1.29, 1.82) is 0 Å². The molecule has 0 spiro atoms. The number of likely N-dealkylation sites (tertiary alicyclic amines) is 1. The third-order valence-corrected chi connectivity index (χ3v) is 5.63. The molecule has 0 radical (unpaired) electrons. The van der Waals surface area contributed by atoms with Crippen LogP contribution in [0, 0.1) is 29.8 Å². The molecule has 0 aliphatic carbocycles. The normalized spacial score (nSPS) is 20.7. The highest BCUT2D eigenvalue weighted by molar-refractivity contribution is 5.87. The van der Waals surface area contributed by atoms with Crippen LogP contribution in [0.15, 0.2) is 12.1 Å². The third-order valence-electron chi connectivity index (χ3n) is 5.63. The Bertz CT molecular complexity index is 911. The molecule has 1 aromatic rings. The van der Waals surface area contributed by atoms with E-state index in [1.165, 1.54) is 4.90 Å². The monoisotopic (exact) mass is 482 g/mol. The molecule has 0 unspecified atom stereocenters. The Morgan fingerprint density at radius 3 is 2.59 bits per heavy atom. The lowest BCUT2D eigenvalue weighted by Crippen LogP contribution is -2.58. The second kappa shape index (κ2) is 12.1. The van der Waals surface area contributed by atoms with Crippen LogP contribution in [0.3, 0.4) is 0 Å². The van der Waals surface area contributed by atoms with Gasteiger partial charge in [-0.05, 0) is 65.0 Å². The molecule has 2 amide bonds. The van der Waals surface area contributed by atoms with Gasteiger partial charge in [0.05, 0.1) is 0 Å². The van der Waals surface area contributed by atoms with Gasteiger partial charge in [-0.1, -0.05) is 5.92 Å². The van der Waals surface area contributed by atoms with E-state index < -0.39 is 47.1 Å². The first-order valence-electron chi connectivity index (χ1n) is 11.4. The Balaban J connectivity index is 2.21. The highest BCUT2D eigenvalue weighted by Gasteiger charge is 2.42. The topological polar surface area (TPSA) is 67.9 Å². The number of benzene rings is 1. The first kappa shape index (κ1) is 27.5. The predicted molar refractivity (Wildman–Crippen MR) is 122 cm³/mol. The van der Waals surface area contributed by atoms with E-state index in [0.717, 1.165) is 18.9 Å². The number of rotatable bonds is 9. The van der Waals surface area contributed by atoms with Crippen molar-refractivity contribution in [2.75, 3.05) is 19.8 Å². The van der Waals surface area contributed by atoms with E-state index in [9.17, 15) is 22.8 Å². The van der Waals surface area contributed by atoms with Crippen molar-refractivity contribution in [3.8, 4) is 12.3 Å². The average Bonchev–Trinajstić information content (AvgIpc) is 2.73. The van der Waals surface area contributed by atoms with Crippen molar-refractivity contribution < 1.29 is 32.2 Å². The number of terminal acetylenes is 1. The minimum atomic E-state index is -1.30. The molecule has 9 heteroatoms. The molecule has 0 bridgehead atoms. The molecule has 1 heterocycles. The van der Waals surface area contributed by atoms with E-state index in [-0.39, 0.29) is 24.5 Å². The Hall–Kier alpha value is -2.73. The molecule has 3 atom stereocenters. The van der Waals surface area contributed by atoms with Crippen LogP contribution in [-0.4, -0.2) is 54.3 Å². The molecule has 2 rings (SSSR count). The summed E-state index contributed by atoms with van der Waals surface area (Å²) in [5.74, 6) is -2.06. The van der Waals surface area contributed by atoms with Crippen molar-refractivity contribution in [3.05, 3.63) is 35.1 Å². The maximum atomic E-state index is 14.6. The number of hydrogen-bond donors (Lipinski definition) is 1. The lowest BCUT2D eigenvalue weighted by Gasteiger charge is -2.43. The summed E-state index contributed by atoms with van der Waals surface area (Å²) in [6.07, 6.45) is 6.44. The van der Waals surface area contributed by atoms with E-state index in [0.29, 0.717) is 25.6 Å². The van der Waals surface area contributed by atoms with Crippen LogP contribution in [-0.2, 0) is 14.3 Å². The Morgan fingerprint density at radius 2 is 1.94 bits per heavy atom. The number of hydrogen-bond acceptors (Lipinski definition) is 4. The zero-order chi connectivity index (χ0) is 25.5. The minimum Gasteiger partial charge on any atom is -0.444 e. The van der Waals surface area contributed by atoms with E-state index >= 15 is 0 Å². The van der Waals surface area contributed by atoms with Gasteiger partial charge in [0.2, 0.25) is 5.91 Å². The zero-order valence-electron chi connectivity index (χ0n) is 20.1. The molecule has 1 N–H and O–H groups in total. The van der Waals surface area contributed by atoms with Crippen molar-refractivity contribution in [2.45, 2.75) is 77.0 Å². The quantitative estimate of drug-likeness (QED) is 0.319. The summed E-state index contributed by atoms with van der Waals surface area (Å²) in [4.78, 5) is 27.1. The average molecular weight is 483 g/mol. The number of carbonyl (C=O) groups is 2. The fourth-order valence-electron chi connectivity index (χ4n) is 4.08. The lowest BCUT2D eigenvalue weighted by molar-refractivity contribution is -0.139. The van der Waals surface area contributed by atoms with Gasteiger partial charge in [-0.25, -0.2) is 18.0 Å². The highest BCUT2D eigenvalue weighted by atomic mass is 19.2. The van der Waals surface area contributed by atoms with Crippen LogP contribution in [0.1, 0.15) is 64.9 Å². The number of nitrogens with one attached hydrogen (secondary N) is 1. The number of amides is 2. The van der Waals surface area contributed by atoms with Gasteiger partial charge in [-0.15, -0.1) is 6.42 Å². The summed E-state index contributed by atoms with van der Waals surface area (Å²) in [7, 11) is 0. The minimum absolute atomic E-state index is 0.0184. The van der Waals surface area contributed by atoms with Crippen LogP contribution in [0.25, 0.3) is 0 Å². The Morgan fingerprint density at radius 1 is 1.24 bits per heavy atom. The van der Waals surface area contributed by atoms with Gasteiger partial charge in [0.15, 0.2) is 11.6 Å². The van der Waals surface area contributed by atoms with Crippen molar-refractivity contribution in [2.24, 2.45) is 0 Å². The number of halogens is 3. The molecular formula is C25H33F3N2O4. The maximum absolute atomic E-state index is 14.6. The molecule has 0 aromatic heterocycles. The second-order valence-electron chi connectivity index (χ2n) is 9.42. The molecule has 0 saturated carbocycles. The summed E-state index contributed by atoms with van der Waals surface area (Å²) < 4.78 is 53.0. The molecule has 1 saturated heterocycles. The molecular weight excluding hydrogens is 449 g/mol. The van der Waals surface area contributed by atoms with Gasteiger partial charge < -0.3 is 19.7 Å². The third kappa shape index (κ3) is 7.66. The van der Waals surface area contributed by atoms with Gasteiger partial charge in [-0.2, -0.15) is 0 Å². The molecule has 6 nitrogen and oxygen atoms in total. The van der Waals surface area contributed by atoms with Gasteiger partial charge >= 0.3 is 6.09 Å². The molecule has 34 heavy (non-hydrogen) atoms. The second-order valence-corrected chi connectivity index (χ2v) is 9.42. The predicted octanol–water partition coefficient (Wildman–Crippen LogP) is 4.52. The van der Waals surface area contributed by atoms with E-state index in [1.807, 2.05) is 0 Å². The molecule has 188 valence electrons. The first-order chi connectivity index (χ1) is 15.9. The largest absolute Gasteiger partial charge is 0.444 e. The van der Waals surface area contributed by atoms with Gasteiger partial charge in [0.1, 0.15) is 24.1 Å². The van der Waals surface area contributed by atoms with Gasteiger partial charge in [0.25, 0.3) is 0 Å². The van der Waals surface area contributed by atoms with Crippen molar-refractivity contribution in [1.82, 2.24) is 10.2 Å². The summed E-state index contributed by atoms with van der Waals surface area (Å²) in [6, 6.07) is -0.146. The number of nitrogens with zero attached hydrogens (tertiary/aromatic N) is 1. The summed E-state index contributed by atoms with van der Waals surface area (Å²) in [6.45, 7) is 7.83. The Labute approximate surface area is 199 Å². The van der Waals surface area contributed by atoms with E-state index in [2.05, 4.69) is 11.2 Å².